The summed E-state index contributed by atoms with van der Waals surface area (Å²) in [7, 11) is 2.61. The Morgan fingerprint density at radius 3 is 2.07 bits per heavy atom. The van der Waals surface area contributed by atoms with Gasteiger partial charge in [0, 0.05) is 23.8 Å². The van der Waals surface area contributed by atoms with Crippen molar-refractivity contribution in [3.8, 4) is 40.1 Å². The summed E-state index contributed by atoms with van der Waals surface area (Å²) in [5.74, 6) is -2.89. The second-order valence-electron chi connectivity index (χ2n) is 10.7. The number of fused-ring (bicyclic) bond motifs is 1. The van der Waals surface area contributed by atoms with Crippen LogP contribution in [0.3, 0.4) is 0 Å². The smallest absolute Gasteiger partial charge is 0.335 e. The highest BCUT2D eigenvalue weighted by Gasteiger charge is 2.52. The van der Waals surface area contributed by atoms with Gasteiger partial charge in [-0.05, 0) is 19.1 Å². The summed E-state index contributed by atoms with van der Waals surface area (Å²) >= 11 is 0. The van der Waals surface area contributed by atoms with Gasteiger partial charge in [-0.15, -0.1) is 0 Å². The largest absolute Gasteiger partial charge is 0.507 e. The summed E-state index contributed by atoms with van der Waals surface area (Å²) in [5, 5.41) is 82.2. The second kappa shape index (κ2) is 12.9. The fraction of sp³-hybridized carbons (Fsp3) is 0.448. The fourth-order valence-corrected chi connectivity index (χ4v) is 5.18. The van der Waals surface area contributed by atoms with E-state index >= 15 is 0 Å². The summed E-state index contributed by atoms with van der Waals surface area (Å²) in [4.78, 5) is 24.8. The van der Waals surface area contributed by atoms with Gasteiger partial charge < -0.3 is 73.7 Å². The van der Waals surface area contributed by atoms with Crippen molar-refractivity contribution >= 4 is 16.9 Å². The summed E-state index contributed by atoms with van der Waals surface area (Å²) in [6, 6.07) is 5.96. The summed E-state index contributed by atoms with van der Waals surface area (Å²) < 4.78 is 38.4. The number of ether oxygens (including phenoxy) is 6. The number of aliphatic hydroxyl groups is 5. The van der Waals surface area contributed by atoms with E-state index in [0.29, 0.717) is 0 Å². The van der Waals surface area contributed by atoms with Crippen molar-refractivity contribution in [1.29, 1.82) is 0 Å². The van der Waals surface area contributed by atoms with E-state index in [4.69, 9.17) is 32.8 Å². The van der Waals surface area contributed by atoms with E-state index in [9.17, 15) is 50.4 Å². The molecule has 2 aromatic carbocycles. The number of phenolic OH excluding ortho intramolecular Hbond substituents is 2. The molecule has 5 rings (SSSR count). The van der Waals surface area contributed by atoms with Crippen molar-refractivity contribution < 1.29 is 78.5 Å². The van der Waals surface area contributed by atoms with Gasteiger partial charge in [-0.25, -0.2) is 4.79 Å². The number of carbonyl (C=O) groups is 1. The number of carboxylic acids is 1. The Kier molecular flexibility index (Phi) is 9.30. The number of benzene rings is 2. The van der Waals surface area contributed by atoms with Gasteiger partial charge in [0.15, 0.2) is 35.4 Å². The van der Waals surface area contributed by atoms with E-state index in [1.54, 1.807) is 0 Å². The van der Waals surface area contributed by atoms with E-state index in [2.05, 4.69) is 0 Å². The molecular formula is C29H32O17. The van der Waals surface area contributed by atoms with Crippen molar-refractivity contribution in [2.45, 2.75) is 68.3 Å². The van der Waals surface area contributed by atoms with Gasteiger partial charge in [-0.2, -0.15) is 0 Å². The zero-order valence-electron chi connectivity index (χ0n) is 24.4. The Balaban J connectivity index is 1.52. The molecule has 2 fully saturated rings. The molecule has 0 saturated carbocycles. The van der Waals surface area contributed by atoms with Crippen LogP contribution in [0.15, 0.2) is 39.5 Å². The highest BCUT2D eigenvalue weighted by atomic mass is 16.8. The molecule has 17 nitrogen and oxygen atoms in total. The third-order valence-electron chi connectivity index (χ3n) is 7.69. The predicted octanol–water partition coefficient (Wildman–Crippen LogP) is -0.989. The molecule has 0 bridgehead atoms. The van der Waals surface area contributed by atoms with Crippen LogP contribution in [0.1, 0.15) is 6.92 Å². The van der Waals surface area contributed by atoms with Crippen molar-refractivity contribution in [2.24, 2.45) is 0 Å². The minimum atomic E-state index is -2.05. The highest BCUT2D eigenvalue weighted by Crippen LogP contribution is 2.41. The van der Waals surface area contributed by atoms with Crippen LogP contribution >= 0.6 is 0 Å². The maximum atomic E-state index is 13.0. The normalized spacial score (nSPS) is 31.4. The molecule has 1 aromatic heterocycles. The summed E-state index contributed by atoms with van der Waals surface area (Å²) in [5.41, 5.74) is -0.650. The van der Waals surface area contributed by atoms with E-state index < -0.39 is 78.6 Å². The molecular weight excluding hydrogens is 620 g/mol. The second-order valence-corrected chi connectivity index (χ2v) is 10.7. The molecule has 0 unspecified atom stereocenters. The van der Waals surface area contributed by atoms with Gasteiger partial charge in [-0.1, -0.05) is 0 Å². The number of methoxy groups -OCH3 is 2. The molecule has 250 valence electrons. The third kappa shape index (κ3) is 6.02. The molecule has 2 aliphatic rings. The van der Waals surface area contributed by atoms with Crippen molar-refractivity contribution in [3.05, 3.63) is 40.6 Å². The van der Waals surface area contributed by atoms with E-state index in [0.717, 1.165) is 18.2 Å². The molecule has 2 saturated heterocycles. The van der Waals surface area contributed by atoms with Crippen LogP contribution < -0.4 is 19.6 Å². The lowest BCUT2D eigenvalue weighted by Gasteiger charge is -2.45. The third-order valence-corrected chi connectivity index (χ3v) is 7.69. The maximum Gasteiger partial charge on any atom is 0.335 e. The van der Waals surface area contributed by atoms with E-state index in [-0.39, 0.29) is 45.3 Å². The molecule has 0 amide bonds. The first-order valence-corrected chi connectivity index (χ1v) is 13.8. The molecule has 3 heterocycles. The average molecular weight is 653 g/mol. The quantitative estimate of drug-likeness (QED) is 0.145. The van der Waals surface area contributed by atoms with Gasteiger partial charge in [0.2, 0.25) is 12.0 Å². The number of carboxylic acid groups (broad SMARTS) is 1. The summed E-state index contributed by atoms with van der Waals surface area (Å²) in [6.45, 7) is 1.37. The maximum absolute atomic E-state index is 13.0. The minimum absolute atomic E-state index is 0.00901. The van der Waals surface area contributed by atoms with Gasteiger partial charge in [-0.3, -0.25) is 4.79 Å². The number of aliphatic hydroxyl groups excluding tert-OH is 5. The van der Waals surface area contributed by atoms with Crippen LogP contribution in [0.25, 0.3) is 22.3 Å². The van der Waals surface area contributed by atoms with E-state index in [1.165, 1.54) is 33.3 Å². The Hall–Kier alpha value is -4.20. The Morgan fingerprint density at radius 2 is 1.46 bits per heavy atom. The fourth-order valence-electron chi connectivity index (χ4n) is 5.18. The van der Waals surface area contributed by atoms with Gasteiger partial charge in [0.1, 0.15) is 58.7 Å². The highest BCUT2D eigenvalue weighted by molar-refractivity contribution is 5.86. The van der Waals surface area contributed by atoms with Gasteiger partial charge >= 0.3 is 5.97 Å². The Morgan fingerprint density at radius 1 is 0.804 bits per heavy atom. The molecule has 0 radical (unpaired) electrons. The van der Waals surface area contributed by atoms with Crippen molar-refractivity contribution in [2.75, 3.05) is 14.2 Å². The molecule has 10 atom stereocenters. The molecule has 8 N–H and O–H groups in total. The average Bonchev–Trinajstić information content (AvgIpc) is 3.01. The lowest BCUT2D eigenvalue weighted by molar-refractivity contribution is -0.351. The zero-order chi connectivity index (χ0) is 33.6. The van der Waals surface area contributed by atoms with Gasteiger partial charge in [0.05, 0.1) is 20.3 Å². The minimum Gasteiger partial charge on any atom is -0.507 e. The molecule has 46 heavy (non-hydrogen) atoms. The molecule has 0 aliphatic carbocycles. The first-order chi connectivity index (χ1) is 21.7. The predicted molar refractivity (Wildman–Crippen MR) is 151 cm³/mol. The van der Waals surface area contributed by atoms with E-state index in [1.807, 2.05) is 0 Å². The molecule has 3 aromatic rings. The number of hydrogen-bond acceptors (Lipinski definition) is 16. The molecule has 2 aliphatic heterocycles. The number of hydrogen-bond donors (Lipinski definition) is 8. The zero-order valence-corrected chi connectivity index (χ0v) is 24.4. The first kappa shape index (κ1) is 33.2. The van der Waals surface area contributed by atoms with Crippen LogP contribution in [0, 0.1) is 0 Å². The van der Waals surface area contributed by atoms with Crippen LogP contribution in [0.2, 0.25) is 0 Å². The standard InChI is InChI=1S/C29H32O17/c1-9-19(32)21(34)24(37)28(42-9)46-26-23(36)22(35)25(27(38)39)45-29(26)43-11-6-12(30)18-13(31)8-14(44-15(18)7-11)10-4-16(40-2)20(33)17(5-10)41-3/h4-9,19,21-26,28-30,32-37H,1-3H3,(H,38,39)/t9-,19-,21+,22-,23-,24+,25-,26+,28-,29+/m0/s1. The van der Waals surface area contributed by atoms with Gasteiger partial charge in [0.25, 0.3) is 0 Å². The number of phenols is 2. The molecule has 0 spiro atoms. The lowest BCUT2D eigenvalue weighted by Crippen LogP contribution is -2.65. The van der Waals surface area contributed by atoms with Crippen LogP contribution in [0.5, 0.6) is 28.7 Å². The van der Waals surface area contributed by atoms with Crippen LogP contribution in [-0.2, 0) is 19.0 Å². The first-order valence-electron chi connectivity index (χ1n) is 13.8. The Bertz CT molecular complexity index is 1630. The SMILES string of the molecule is COc1cc(-c2cc(=O)c3c(O)cc(O[C@@H]4O[C@H](C(=O)O)[C@@H](O)[C@H](O)[C@H]4O[C@@H]4O[C@@H](C)[C@H](O)[C@@H](O)[C@H]4O)cc3o2)cc(OC)c1O. The number of aromatic hydroxyl groups is 2. The van der Waals surface area contributed by atoms with Crippen LogP contribution in [0.4, 0.5) is 0 Å². The Labute approximate surface area is 258 Å². The number of aliphatic carboxylic acids is 1. The van der Waals surface area contributed by atoms with Crippen molar-refractivity contribution in [3.63, 3.8) is 0 Å². The van der Waals surface area contributed by atoms with Crippen molar-refractivity contribution in [1.82, 2.24) is 0 Å². The topological polar surface area (TPSA) is 264 Å². The monoisotopic (exact) mass is 652 g/mol. The molecule has 17 heteroatoms. The number of rotatable bonds is 8. The van der Waals surface area contributed by atoms with Crippen LogP contribution in [-0.4, -0.2) is 122 Å². The summed E-state index contributed by atoms with van der Waals surface area (Å²) in [6.07, 6.45) is -17.6. The lowest BCUT2D eigenvalue weighted by atomic mass is 9.97.